The van der Waals surface area contributed by atoms with Crippen LogP contribution >= 0.6 is 0 Å². The quantitative estimate of drug-likeness (QED) is 0.305. The van der Waals surface area contributed by atoms with E-state index in [2.05, 4.69) is 15.6 Å². The van der Waals surface area contributed by atoms with E-state index in [-0.39, 0.29) is 16.8 Å². The first-order valence-electron chi connectivity index (χ1n) is 10.5. The molecule has 0 aliphatic rings. The first-order valence-corrected chi connectivity index (χ1v) is 10.5. The molecular weight excluding hydrogens is 563 g/mol. The van der Waals surface area contributed by atoms with Crippen LogP contribution in [0.25, 0.3) is 0 Å². The van der Waals surface area contributed by atoms with Gasteiger partial charge in [0.1, 0.15) is 0 Å². The Labute approximate surface area is 218 Å². The number of aromatic nitrogens is 1. The van der Waals surface area contributed by atoms with Gasteiger partial charge in [-0.05, 0) is 48.0 Å². The molecule has 1 atom stereocenters. The fourth-order valence-corrected chi connectivity index (χ4v) is 3.03. The van der Waals surface area contributed by atoms with Crippen LogP contribution in [0.4, 0.5) is 50.0 Å². The maximum atomic E-state index is 13.6. The highest BCUT2D eigenvalue weighted by Crippen LogP contribution is 2.36. The first-order chi connectivity index (χ1) is 18.4. The summed E-state index contributed by atoms with van der Waals surface area (Å²) in [5, 5.41) is 20.8. The number of nitriles is 1. The van der Waals surface area contributed by atoms with Gasteiger partial charge in [-0.1, -0.05) is 18.2 Å². The molecule has 0 aliphatic heterocycles. The summed E-state index contributed by atoms with van der Waals surface area (Å²) >= 11 is 0. The third kappa shape index (κ3) is 8.89. The number of urea groups is 1. The van der Waals surface area contributed by atoms with Gasteiger partial charge >= 0.3 is 30.5 Å². The topological polar surface area (TPSA) is 115 Å². The number of hydrogen-bond donors (Lipinski definition) is 3. The number of nitrogens with one attached hydrogen (secondary N) is 2. The molecule has 40 heavy (non-hydrogen) atoms. The zero-order valence-electron chi connectivity index (χ0n) is 19.5. The van der Waals surface area contributed by atoms with E-state index in [1.807, 2.05) is 6.07 Å². The zero-order valence-corrected chi connectivity index (χ0v) is 19.5. The summed E-state index contributed by atoms with van der Waals surface area (Å²) in [7, 11) is 0. The second-order valence-corrected chi connectivity index (χ2v) is 7.58. The van der Waals surface area contributed by atoms with Crippen LogP contribution in [0.5, 0.6) is 0 Å². The standard InChI is InChI=1S/C22H14F6N4O.C2HF3O2/c23-21(24,25)15-8-6-14(7-9-15)18(19-17(22(26,27)28)5-2-10-30-19)32-20(33)31-16-4-1-3-13(11-16)12-29;3-2(4,5)1(6)7/h1-11,18H,(H2,31,32,33);(H,6,7)/t18-;/m0./s1. The van der Waals surface area contributed by atoms with Crippen LogP contribution in [0.3, 0.4) is 0 Å². The summed E-state index contributed by atoms with van der Waals surface area (Å²) in [6, 6.07) is 10.3. The predicted octanol–water partition coefficient (Wildman–Crippen LogP) is 6.54. The minimum Gasteiger partial charge on any atom is -0.475 e. The fourth-order valence-electron chi connectivity index (χ4n) is 3.03. The van der Waals surface area contributed by atoms with Gasteiger partial charge in [-0.3, -0.25) is 4.98 Å². The summed E-state index contributed by atoms with van der Waals surface area (Å²) in [6.07, 6.45) is -13.5. The number of nitrogens with zero attached hydrogens (tertiary/aromatic N) is 2. The van der Waals surface area contributed by atoms with Gasteiger partial charge in [-0.15, -0.1) is 0 Å². The van der Waals surface area contributed by atoms with Crippen LogP contribution in [0.1, 0.15) is 34.0 Å². The molecule has 3 aromatic rings. The van der Waals surface area contributed by atoms with Crippen LogP contribution < -0.4 is 10.6 Å². The second kappa shape index (κ2) is 12.4. The van der Waals surface area contributed by atoms with Gasteiger partial charge in [0.25, 0.3) is 0 Å². The third-order valence-corrected chi connectivity index (χ3v) is 4.76. The number of alkyl halides is 9. The summed E-state index contributed by atoms with van der Waals surface area (Å²) in [4.78, 5) is 25.2. The van der Waals surface area contributed by atoms with Crippen molar-refractivity contribution in [2.24, 2.45) is 0 Å². The number of benzene rings is 2. The van der Waals surface area contributed by atoms with E-state index >= 15 is 0 Å². The molecule has 0 saturated carbocycles. The van der Waals surface area contributed by atoms with E-state index < -0.39 is 53.4 Å². The summed E-state index contributed by atoms with van der Waals surface area (Å²) in [5.41, 5.74) is -2.37. The third-order valence-electron chi connectivity index (χ3n) is 4.76. The van der Waals surface area contributed by atoms with Gasteiger partial charge in [0.05, 0.1) is 34.5 Å². The zero-order chi connectivity index (χ0) is 30.3. The normalized spacial score (nSPS) is 12.3. The number of amides is 2. The molecule has 2 aromatic carbocycles. The molecule has 0 saturated heterocycles. The molecule has 1 aromatic heterocycles. The molecule has 7 nitrogen and oxygen atoms in total. The van der Waals surface area contributed by atoms with Crippen molar-refractivity contribution in [2.75, 3.05) is 5.32 Å². The maximum Gasteiger partial charge on any atom is 0.490 e. The highest BCUT2D eigenvalue weighted by atomic mass is 19.4. The Bertz CT molecular complexity index is 1380. The maximum absolute atomic E-state index is 13.6. The monoisotopic (exact) mass is 578 g/mol. The van der Waals surface area contributed by atoms with Crippen molar-refractivity contribution in [1.29, 1.82) is 5.26 Å². The average molecular weight is 578 g/mol. The molecule has 3 rings (SSSR count). The Balaban J connectivity index is 0.000000708. The van der Waals surface area contributed by atoms with Gasteiger partial charge < -0.3 is 15.7 Å². The molecule has 0 unspecified atom stereocenters. The molecule has 0 aliphatic carbocycles. The first kappa shape index (κ1) is 31.4. The largest absolute Gasteiger partial charge is 0.490 e. The molecule has 3 N–H and O–H groups in total. The van der Waals surface area contributed by atoms with Gasteiger partial charge in [0, 0.05) is 11.9 Å². The number of carboxylic acids is 1. The number of aliphatic carboxylic acids is 1. The SMILES string of the molecule is N#Cc1cccc(NC(=O)N[C@@H](c2ccc(C(F)(F)F)cc2)c2ncccc2C(F)(F)F)c1.O=C(O)C(F)(F)F. The smallest absolute Gasteiger partial charge is 0.475 e. The Morgan fingerprint density at radius 3 is 1.98 bits per heavy atom. The Kier molecular flexibility index (Phi) is 9.71. The Morgan fingerprint density at radius 1 is 0.875 bits per heavy atom. The molecule has 212 valence electrons. The molecule has 1 heterocycles. The molecule has 0 fully saturated rings. The van der Waals surface area contributed by atoms with Gasteiger partial charge in [0.2, 0.25) is 0 Å². The molecule has 2 amide bonds. The number of carbonyl (C=O) groups is 2. The average Bonchev–Trinajstić information content (AvgIpc) is 2.86. The number of carbonyl (C=O) groups excluding carboxylic acids is 1. The fraction of sp³-hybridized carbons (Fsp3) is 0.167. The van der Waals surface area contributed by atoms with E-state index in [4.69, 9.17) is 15.2 Å². The van der Waals surface area contributed by atoms with Crippen molar-refractivity contribution >= 4 is 17.7 Å². The molecule has 0 spiro atoms. The van der Waals surface area contributed by atoms with E-state index in [0.717, 1.165) is 30.5 Å². The number of halogens is 9. The van der Waals surface area contributed by atoms with E-state index in [1.165, 1.54) is 24.3 Å². The summed E-state index contributed by atoms with van der Waals surface area (Å²) in [5.74, 6) is -2.76. The lowest BCUT2D eigenvalue weighted by molar-refractivity contribution is -0.192. The second-order valence-electron chi connectivity index (χ2n) is 7.58. The van der Waals surface area contributed by atoms with E-state index in [1.54, 1.807) is 0 Å². The highest BCUT2D eigenvalue weighted by molar-refractivity contribution is 5.90. The minimum absolute atomic E-state index is 0.0480. The number of carboxylic acid groups (broad SMARTS) is 1. The summed E-state index contributed by atoms with van der Waals surface area (Å²) < 4.78 is 111. The predicted molar refractivity (Wildman–Crippen MR) is 120 cm³/mol. The number of anilines is 1. The van der Waals surface area contributed by atoms with Crippen molar-refractivity contribution in [3.8, 4) is 6.07 Å². The number of hydrogen-bond acceptors (Lipinski definition) is 4. The van der Waals surface area contributed by atoms with Crippen molar-refractivity contribution in [3.05, 3.63) is 94.8 Å². The van der Waals surface area contributed by atoms with Crippen LogP contribution in [0.2, 0.25) is 0 Å². The van der Waals surface area contributed by atoms with Crippen molar-refractivity contribution in [1.82, 2.24) is 10.3 Å². The number of pyridine rings is 1. The van der Waals surface area contributed by atoms with Crippen LogP contribution in [-0.4, -0.2) is 28.3 Å². The molecular formula is C24H15F9N4O3. The van der Waals surface area contributed by atoms with Gasteiger partial charge in [-0.2, -0.15) is 44.8 Å². The Morgan fingerprint density at radius 2 is 1.48 bits per heavy atom. The minimum atomic E-state index is -5.08. The summed E-state index contributed by atoms with van der Waals surface area (Å²) in [6.45, 7) is 0. The van der Waals surface area contributed by atoms with Gasteiger partial charge in [0.15, 0.2) is 0 Å². The van der Waals surface area contributed by atoms with Crippen molar-refractivity contribution in [2.45, 2.75) is 24.6 Å². The van der Waals surface area contributed by atoms with Crippen LogP contribution in [0, 0.1) is 11.3 Å². The number of rotatable bonds is 4. The van der Waals surface area contributed by atoms with E-state index in [0.29, 0.717) is 12.1 Å². The lowest BCUT2D eigenvalue weighted by atomic mass is 9.98. The van der Waals surface area contributed by atoms with Crippen LogP contribution in [-0.2, 0) is 17.1 Å². The molecule has 0 bridgehead atoms. The highest BCUT2D eigenvalue weighted by Gasteiger charge is 2.39. The van der Waals surface area contributed by atoms with Crippen molar-refractivity contribution in [3.63, 3.8) is 0 Å². The van der Waals surface area contributed by atoms with E-state index in [9.17, 15) is 44.3 Å². The van der Waals surface area contributed by atoms with Gasteiger partial charge in [-0.25, -0.2) is 9.59 Å². The molecule has 16 heteroatoms. The van der Waals surface area contributed by atoms with Crippen LogP contribution in [0.15, 0.2) is 66.9 Å². The lowest BCUT2D eigenvalue weighted by Gasteiger charge is -2.23. The molecule has 0 radical (unpaired) electrons. The Hall–Kier alpha value is -4.81. The van der Waals surface area contributed by atoms with Crippen molar-refractivity contribution < 1.29 is 54.2 Å². The lowest BCUT2D eigenvalue weighted by Crippen LogP contribution is -2.35.